The van der Waals surface area contributed by atoms with Crippen molar-refractivity contribution >= 4 is 11.4 Å². The SMILES string of the molecule is Cc1cccc(N(C)c2c(F)cc(CCN)cc2F)c1. The van der Waals surface area contributed by atoms with Crippen LogP contribution in [-0.2, 0) is 6.42 Å². The van der Waals surface area contributed by atoms with Crippen molar-refractivity contribution in [3.8, 4) is 0 Å². The van der Waals surface area contributed by atoms with Gasteiger partial charge in [0, 0.05) is 12.7 Å². The van der Waals surface area contributed by atoms with Crippen LogP contribution in [0.1, 0.15) is 11.1 Å². The minimum Gasteiger partial charge on any atom is -0.340 e. The van der Waals surface area contributed by atoms with E-state index in [1.165, 1.54) is 17.0 Å². The highest BCUT2D eigenvalue weighted by molar-refractivity contribution is 5.64. The van der Waals surface area contributed by atoms with Crippen LogP contribution >= 0.6 is 0 Å². The molecule has 0 fully saturated rings. The number of hydrogen-bond donors (Lipinski definition) is 1. The Balaban J connectivity index is 2.42. The van der Waals surface area contributed by atoms with E-state index in [0.29, 0.717) is 18.5 Å². The Hall–Kier alpha value is -1.94. The Morgan fingerprint density at radius 1 is 1.10 bits per heavy atom. The normalized spacial score (nSPS) is 10.7. The zero-order valence-corrected chi connectivity index (χ0v) is 11.7. The van der Waals surface area contributed by atoms with Gasteiger partial charge in [-0.3, -0.25) is 0 Å². The molecule has 4 heteroatoms. The zero-order chi connectivity index (χ0) is 14.7. The molecule has 0 atom stereocenters. The van der Waals surface area contributed by atoms with Crippen molar-refractivity contribution in [2.75, 3.05) is 18.5 Å². The van der Waals surface area contributed by atoms with Gasteiger partial charge < -0.3 is 10.6 Å². The lowest BCUT2D eigenvalue weighted by atomic mass is 10.1. The van der Waals surface area contributed by atoms with E-state index in [9.17, 15) is 8.78 Å². The molecule has 0 spiro atoms. The van der Waals surface area contributed by atoms with Gasteiger partial charge in [0.05, 0.1) is 0 Å². The van der Waals surface area contributed by atoms with Crippen LogP contribution in [-0.4, -0.2) is 13.6 Å². The van der Waals surface area contributed by atoms with Gasteiger partial charge in [-0.05, 0) is 55.3 Å². The molecule has 2 aromatic carbocycles. The van der Waals surface area contributed by atoms with Gasteiger partial charge in [0.2, 0.25) is 0 Å². The van der Waals surface area contributed by atoms with Gasteiger partial charge in [-0.1, -0.05) is 12.1 Å². The molecule has 2 N–H and O–H groups in total. The minimum absolute atomic E-state index is 0.0450. The first-order valence-corrected chi connectivity index (χ1v) is 6.51. The van der Waals surface area contributed by atoms with Gasteiger partial charge >= 0.3 is 0 Å². The van der Waals surface area contributed by atoms with Crippen LogP contribution in [0.3, 0.4) is 0 Å². The zero-order valence-electron chi connectivity index (χ0n) is 11.7. The number of rotatable bonds is 4. The maximum absolute atomic E-state index is 14.1. The van der Waals surface area contributed by atoms with Crippen LogP contribution in [0.25, 0.3) is 0 Å². The summed E-state index contributed by atoms with van der Waals surface area (Å²) in [4.78, 5) is 1.52. The molecule has 0 saturated heterocycles. The van der Waals surface area contributed by atoms with E-state index in [-0.39, 0.29) is 5.69 Å². The number of nitrogens with zero attached hydrogens (tertiary/aromatic N) is 1. The highest BCUT2D eigenvalue weighted by Gasteiger charge is 2.16. The predicted molar refractivity (Wildman–Crippen MR) is 78.4 cm³/mol. The first-order chi connectivity index (χ1) is 9.52. The van der Waals surface area contributed by atoms with E-state index < -0.39 is 11.6 Å². The number of nitrogens with two attached hydrogens (primary N) is 1. The quantitative estimate of drug-likeness (QED) is 0.925. The third-order valence-corrected chi connectivity index (χ3v) is 3.23. The van der Waals surface area contributed by atoms with Gasteiger partial charge in [-0.2, -0.15) is 0 Å². The second-order valence-electron chi connectivity index (χ2n) is 4.84. The number of halogens is 2. The third-order valence-electron chi connectivity index (χ3n) is 3.23. The van der Waals surface area contributed by atoms with Gasteiger partial charge in [0.25, 0.3) is 0 Å². The van der Waals surface area contributed by atoms with Crippen molar-refractivity contribution < 1.29 is 8.78 Å². The summed E-state index contributed by atoms with van der Waals surface area (Å²) in [5, 5.41) is 0. The van der Waals surface area contributed by atoms with Gasteiger partial charge in [-0.25, -0.2) is 8.78 Å². The molecule has 0 heterocycles. The van der Waals surface area contributed by atoms with Crippen LogP contribution in [0.15, 0.2) is 36.4 Å². The second kappa shape index (κ2) is 6.01. The first kappa shape index (κ1) is 14.5. The summed E-state index contributed by atoms with van der Waals surface area (Å²) < 4.78 is 28.3. The number of anilines is 2. The van der Waals surface area contributed by atoms with E-state index in [2.05, 4.69) is 0 Å². The van der Waals surface area contributed by atoms with Crippen LogP contribution in [0.5, 0.6) is 0 Å². The van der Waals surface area contributed by atoms with Crippen molar-refractivity contribution in [1.29, 1.82) is 0 Å². The minimum atomic E-state index is -0.572. The highest BCUT2D eigenvalue weighted by atomic mass is 19.1. The lowest BCUT2D eigenvalue weighted by Crippen LogP contribution is -2.14. The van der Waals surface area contributed by atoms with Crippen molar-refractivity contribution in [1.82, 2.24) is 0 Å². The van der Waals surface area contributed by atoms with Gasteiger partial charge in [0.15, 0.2) is 0 Å². The molecule has 0 saturated carbocycles. The predicted octanol–water partition coefficient (Wildman–Crippen LogP) is 3.54. The Morgan fingerprint density at radius 2 is 1.75 bits per heavy atom. The van der Waals surface area contributed by atoms with Gasteiger partial charge in [0.1, 0.15) is 17.3 Å². The fourth-order valence-electron chi connectivity index (χ4n) is 2.22. The van der Waals surface area contributed by atoms with Crippen molar-refractivity contribution in [2.24, 2.45) is 5.73 Å². The lowest BCUT2D eigenvalue weighted by Gasteiger charge is -2.21. The van der Waals surface area contributed by atoms with E-state index in [4.69, 9.17) is 5.73 Å². The molecule has 106 valence electrons. The lowest BCUT2D eigenvalue weighted by molar-refractivity contribution is 0.580. The monoisotopic (exact) mass is 276 g/mol. The smallest absolute Gasteiger partial charge is 0.150 e. The standard InChI is InChI=1S/C16H18F2N2/c1-11-4-3-5-13(8-11)20(2)16-14(17)9-12(6-7-19)10-15(16)18/h3-5,8-10H,6-7,19H2,1-2H3. The summed E-state index contributed by atoms with van der Waals surface area (Å²) in [5.74, 6) is -1.14. The van der Waals surface area contributed by atoms with Crippen LogP contribution in [0.2, 0.25) is 0 Å². The summed E-state index contributed by atoms with van der Waals surface area (Å²) in [6.07, 6.45) is 0.461. The van der Waals surface area contributed by atoms with Crippen LogP contribution < -0.4 is 10.6 Å². The van der Waals surface area contributed by atoms with Crippen molar-refractivity contribution in [3.05, 3.63) is 59.2 Å². The molecule has 0 unspecified atom stereocenters. The largest absolute Gasteiger partial charge is 0.340 e. The molecule has 2 aromatic rings. The molecule has 0 aromatic heterocycles. The fraction of sp³-hybridized carbons (Fsp3) is 0.250. The molecule has 0 bridgehead atoms. The molecule has 0 aliphatic rings. The van der Waals surface area contributed by atoms with Crippen molar-refractivity contribution in [2.45, 2.75) is 13.3 Å². The summed E-state index contributed by atoms with van der Waals surface area (Å²) in [7, 11) is 1.65. The topological polar surface area (TPSA) is 29.3 Å². The number of benzene rings is 2. The molecule has 20 heavy (non-hydrogen) atoms. The third kappa shape index (κ3) is 2.96. The molecule has 2 nitrogen and oxygen atoms in total. The molecule has 0 aliphatic carbocycles. The summed E-state index contributed by atoms with van der Waals surface area (Å²) in [6.45, 7) is 2.31. The molecular formula is C16H18F2N2. The molecular weight excluding hydrogens is 258 g/mol. The van der Waals surface area contributed by atoms with Crippen molar-refractivity contribution in [3.63, 3.8) is 0 Å². The Bertz CT molecular complexity index is 588. The van der Waals surface area contributed by atoms with Gasteiger partial charge in [-0.15, -0.1) is 0 Å². The summed E-state index contributed by atoms with van der Waals surface area (Å²) >= 11 is 0. The average Bonchev–Trinajstić information content (AvgIpc) is 2.38. The number of aryl methyl sites for hydroxylation is 1. The summed E-state index contributed by atoms with van der Waals surface area (Å²) in [5.41, 5.74) is 7.72. The first-order valence-electron chi connectivity index (χ1n) is 6.51. The number of hydrogen-bond acceptors (Lipinski definition) is 2. The highest BCUT2D eigenvalue weighted by Crippen LogP contribution is 2.30. The molecule has 0 amide bonds. The molecule has 0 radical (unpaired) electrons. The second-order valence-corrected chi connectivity index (χ2v) is 4.84. The Kier molecular flexibility index (Phi) is 4.35. The van der Waals surface area contributed by atoms with E-state index in [1.54, 1.807) is 7.05 Å². The van der Waals surface area contributed by atoms with E-state index >= 15 is 0 Å². The fourth-order valence-corrected chi connectivity index (χ4v) is 2.22. The summed E-state index contributed by atoms with van der Waals surface area (Å²) in [6, 6.07) is 10.2. The maximum atomic E-state index is 14.1. The molecule has 2 rings (SSSR count). The maximum Gasteiger partial charge on any atom is 0.150 e. The molecule has 0 aliphatic heterocycles. The Labute approximate surface area is 117 Å². The van der Waals surface area contributed by atoms with Crippen LogP contribution in [0.4, 0.5) is 20.2 Å². The van der Waals surface area contributed by atoms with E-state index in [0.717, 1.165) is 11.3 Å². The Morgan fingerprint density at radius 3 is 2.30 bits per heavy atom. The average molecular weight is 276 g/mol. The van der Waals surface area contributed by atoms with Crippen LogP contribution in [0, 0.1) is 18.6 Å². The van der Waals surface area contributed by atoms with E-state index in [1.807, 2.05) is 31.2 Å².